The molecule has 0 aliphatic carbocycles. The number of hydrogen-bond acceptors (Lipinski definition) is 5. The first-order valence-electron chi connectivity index (χ1n) is 7.06. The average molecular weight is 316 g/mol. The SMILES string of the molecule is COc1ccc(NC(=O)CNc2ccccc2OC)c(OC)c1. The van der Waals surface area contributed by atoms with Crippen molar-refractivity contribution in [3.63, 3.8) is 0 Å². The first-order chi connectivity index (χ1) is 11.2. The number of rotatable bonds is 7. The van der Waals surface area contributed by atoms with Gasteiger partial charge in [-0.05, 0) is 24.3 Å². The normalized spacial score (nSPS) is 9.87. The third kappa shape index (κ3) is 4.29. The molecular formula is C17H20N2O4. The third-order valence-electron chi connectivity index (χ3n) is 3.23. The molecule has 2 aromatic carbocycles. The van der Waals surface area contributed by atoms with Crippen LogP contribution in [0.2, 0.25) is 0 Å². The molecule has 0 aromatic heterocycles. The summed E-state index contributed by atoms with van der Waals surface area (Å²) in [4.78, 5) is 12.1. The van der Waals surface area contributed by atoms with E-state index in [1.54, 1.807) is 32.4 Å². The minimum Gasteiger partial charge on any atom is -0.497 e. The fourth-order valence-electron chi connectivity index (χ4n) is 2.06. The number of carbonyl (C=O) groups is 1. The van der Waals surface area contributed by atoms with Crippen LogP contribution in [0.1, 0.15) is 0 Å². The van der Waals surface area contributed by atoms with Crippen LogP contribution in [-0.4, -0.2) is 33.8 Å². The summed E-state index contributed by atoms with van der Waals surface area (Å²) in [6.45, 7) is 0.107. The van der Waals surface area contributed by atoms with Crippen LogP contribution in [-0.2, 0) is 4.79 Å². The molecule has 0 saturated carbocycles. The van der Waals surface area contributed by atoms with Gasteiger partial charge in [0.2, 0.25) is 5.91 Å². The van der Waals surface area contributed by atoms with Crippen LogP contribution in [0.4, 0.5) is 11.4 Å². The Hall–Kier alpha value is -2.89. The number of carbonyl (C=O) groups excluding carboxylic acids is 1. The zero-order valence-corrected chi connectivity index (χ0v) is 13.4. The minimum atomic E-state index is -0.195. The standard InChI is InChI=1S/C17H20N2O4/c1-21-12-8-9-14(16(10-12)23-3)19-17(20)11-18-13-6-4-5-7-15(13)22-2/h4-10,18H,11H2,1-3H3,(H,19,20). The summed E-state index contributed by atoms with van der Waals surface area (Å²) in [5, 5.41) is 5.84. The van der Waals surface area contributed by atoms with Crippen LogP contribution in [0, 0.1) is 0 Å². The van der Waals surface area contributed by atoms with Gasteiger partial charge in [0.15, 0.2) is 0 Å². The molecule has 122 valence electrons. The predicted octanol–water partition coefficient (Wildman–Crippen LogP) is 2.76. The molecule has 6 heteroatoms. The van der Waals surface area contributed by atoms with Gasteiger partial charge in [0.1, 0.15) is 17.2 Å². The van der Waals surface area contributed by atoms with E-state index in [2.05, 4.69) is 10.6 Å². The Kier molecular flexibility index (Phi) is 5.68. The lowest BCUT2D eigenvalue weighted by atomic mass is 10.2. The van der Waals surface area contributed by atoms with Gasteiger partial charge in [-0.2, -0.15) is 0 Å². The van der Waals surface area contributed by atoms with Crippen molar-refractivity contribution in [2.45, 2.75) is 0 Å². The van der Waals surface area contributed by atoms with E-state index in [1.165, 1.54) is 7.11 Å². The zero-order chi connectivity index (χ0) is 16.7. The summed E-state index contributed by atoms with van der Waals surface area (Å²) >= 11 is 0. The van der Waals surface area contributed by atoms with Crippen LogP contribution < -0.4 is 24.8 Å². The number of nitrogens with one attached hydrogen (secondary N) is 2. The summed E-state index contributed by atoms with van der Waals surface area (Å²) in [5.74, 6) is 1.68. The Morgan fingerprint density at radius 3 is 2.35 bits per heavy atom. The monoisotopic (exact) mass is 316 g/mol. The van der Waals surface area contributed by atoms with Gasteiger partial charge in [0.05, 0.1) is 39.2 Å². The van der Waals surface area contributed by atoms with Crippen molar-refractivity contribution < 1.29 is 19.0 Å². The van der Waals surface area contributed by atoms with Gasteiger partial charge in [-0.3, -0.25) is 4.79 Å². The molecule has 0 bridgehead atoms. The summed E-state index contributed by atoms with van der Waals surface area (Å²) in [7, 11) is 4.70. The van der Waals surface area contributed by atoms with Crippen molar-refractivity contribution in [3.05, 3.63) is 42.5 Å². The topological polar surface area (TPSA) is 68.8 Å². The first kappa shape index (κ1) is 16.5. The average Bonchev–Trinajstić information content (AvgIpc) is 2.60. The molecule has 0 saturated heterocycles. The summed E-state index contributed by atoms with van der Waals surface area (Å²) in [6.07, 6.45) is 0. The molecule has 6 nitrogen and oxygen atoms in total. The van der Waals surface area contributed by atoms with Crippen LogP contribution in [0.3, 0.4) is 0 Å². The maximum atomic E-state index is 12.1. The largest absolute Gasteiger partial charge is 0.497 e. The van der Waals surface area contributed by atoms with Crippen molar-refractivity contribution in [2.24, 2.45) is 0 Å². The van der Waals surface area contributed by atoms with Crippen molar-refractivity contribution in [1.82, 2.24) is 0 Å². The van der Waals surface area contributed by atoms with Gasteiger partial charge in [-0.1, -0.05) is 12.1 Å². The van der Waals surface area contributed by atoms with Gasteiger partial charge in [0.25, 0.3) is 0 Å². The van der Waals surface area contributed by atoms with E-state index in [9.17, 15) is 4.79 Å². The summed E-state index contributed by atoms with van der Waals surface area (Å²) < 4.78 is 15.6. The molecule has 0 aliphatic heterocycles. The Morgan fingerprint density at radius 1 is 0.913 bits per heavy atom. The van der Waals surface area contributed by atoms with Crippen molar-refractivity contribution in [2.75, 3.05) is 38.5 Å². The van der Waals surface area contributed by atoms with E-state index in [1.807, 2.05) is 24.3 Å². The lowest BCUT2D eigenvalue weighted by Crippen LogP contribution is -2.22. The lowest BCUT2D eigenvalue weighted by molar-refractivity contribution is -0.114. The molecule has 0 heterocycles. The number of amides is 1. The van der Waals surface area contributed by atoms with Crippen molar-refractivity contribution in [3.8, 4) is 17.2 Å². The fraction of sp³-hybridized carbons (Fsp3) is 0.235. The molecule has 0 fully saturated rings. The second-order valence-corrected chi connectivity index (χ2v) is 4.67. The molecular weight excluding hydrogens is 296 g/mol. The highest BCUT2D eigenvalue weighted by molar-refractivity contribution is 5.95. The fourth-order valence-corrected chi connectivity index (χ4v) is 2.06. The Balaban J connectivity index is 2.00. The molecule has 2 rings (SSSR count). The van der Waals surface area contributed by atoms with Gasteiger partial charge < -0.3 is 24.8 Å². The van der Waals surface area contributed by atoms with E-state index in [0.717, 1.165) is 5.69 Å². The number of benzene rings is 2. The van der Waals surface area contributed by atoms with Gasteiger partial charge in [-0.25, -0.2) is 0 Å². The van der Waals surface area contributed by atoms with Crippen LogP contribution in [0.5, 0.6) is 17.2 Å². The lowest BCUT2D eigenvalue weighted by Gasteiger charge is -2.13. The Morgan fingerprint density at radius 2 is 1.65 bits per heavy atom. The quantitative estimate of drug-likeness (QED) is 0.822. The van der Waals surface area contributed by atoms with E-state index in [4.69, 9.17) is 14.2 Å². The summed E-state index contributed by atoms with van der Waals surface area (Å²) in [5.41, 5.74) is 1.34. The molecule has 2 aromatic rings. The minimum absolute atomic E-state index is 0.107. The molecule has 0 aliphatic rings. The van der Waals surface area contributed by atoms with E-state index in [0.29, 0.717) is 22.9 Å². The van der Waals surface area contributed by atoms with Crippen LogP contribution in [0.15, 0.2) is 42.5 Å². The maximum Gasteiger partial charge on any atom is 0.243 e. The highest BCUT2D eigenvalue weighted by Gasteiger charge is 2.09. The van der Waals surface area contributed by atoms with Gasteiger partial charge in [0, 0.05) is 6.07 Å². The number of para-hydroxylation sites is 2. The number of anilines is 2. The second-order valence-electron chi connectivity index (χ2n) is 4.67. The van der Waals surface area contributed by atoms with Crippen LogP contribution in [0.25, 0.3) is 0 Å². The van der Waals surface area contributed by atoms with E-state index >= 15 is 0 Å². The highest BCUT2D eigenvalue weighted by atomic mass is 16.5. The van der Waals surface area contributed by atoms with Crippen molar-refractivity contribution >= 4 is 17.3 Å². The molecule has 1 amide bonds. The number of methoxy groups -OCH3 is 3. The Labute approximate surface area is 135 Å². The Bertz CT molecular complexity index is 673. The predicted molar refractivity (Wildman–Crippen MR) is 89.7 cm³/mol. The molecule has 0 atom stereocenters. The smallest absolute Gasteiger partial charge is 0.243 e. The zero-order valence-electron chi connectivity index (χ0n) is 13.4. The number of ether oxygens (including phenoxy) is 3. The number of hydrogen-bond donors (Lipinski definition) is 2. The third-order valence-corrected chi connectivity index (χ3v) is 3.23. The van der Waals surface area contributed by atoms with Gasteiger partial charge in [-0.15, -0.1) is 0 Å². The molecule has 0 spiro atoms. The van der Waals surface area contributed by atoms with E-state index in [-0.39, 0.29) is 12.5 Å². The van der Waals surface area contributed by atoms with Crippen molar-refractivity contribution in [1.29, 1.82) is 0 Å². The molecule has 0 unspecified atom stereocenters. The van der Waals surface area contributed by atoms with Crippen LogP contribution >= 0.6 is 0 Å². The van der Waals surface area contributed by atoms with Gasteiger partial charge >= 0.3 is 0 Å². The molecule has 2 N–H and O–H groups in total. The van der Waals surface area contributed by atoms with E-state index < -0.39 is 0 Å². The summed E-state index contributed by atoms with van der Waals surface area (Å²) in [6, 6.07) is 12.6. The second kappa shape index (κ2) is 7.93. The highest BCUT2D eigenvalue weighted by Crippen LogP contribution is 2.29. The maximum absolute atomic E-state index is 12.1. The molecule has 0 radical (unpaired) electrons. The first-order valence-corrected chi connectivity index (χ1v) is 7.06. The molecule has 23 heavy (non-hydrogen) atoms.